The van der Waals surface area contributed by atoms with Crippen molar-refractivity contribution in [2.45, 2.75) is 6.92 Å². The average molecular weight is 202 g/mol. The van der Waals surface area contributed by atoms with Crippen molar-refractivity contribution < 1.29 is 23.8 Å². The Morgan fingerprint density at radius 1 is 1.21 bits per heavy atom. The van der Waals surface area contributed by atoms with Crippen LogP contribution in [0.4, 0.5) is 0 Å². The summed E-state index contributed by atoms with van der Waals surface area (Å²) in [4.78, 5) is 21.8. The first-order valence-corrected chi connectivity index (χ1v) is 4.15. The van der Waals surface area contributed by atoms with Gasteiger partial charge in [0.25, 0.3) is 0 Å². The monoisotopic (exact) mass is 202 g/mol. The van der Waals surface area contributed by atoms with Crippen LogP contribution in [-0.4, -0.2) is 38.9 Å². The molecule has 0 heterocycles. The maximum Gasteiger partial charge on any atom is 0.345 e. The molecule has 0 aromatic heterocycles. The molecular formula is C9H14O5. The van der Waals surface area contributed by atoms with Crippen LogP contribution in [-0.2, 0) is 23.8 Å². The first-order chi connectivity index (χ1) is 6.63. The topological polar surface area (TPSA) is 61.8 Å². The van der Waals surface area contributed by atoms with Gasteiger partial charge in [-0.2, -0.15) is 0 Å². The van der Waals surface area contributed by atoms with E-state index in [1.807, 2.05) is 6.92 Å². The summed E-state index contributed by atoms with van der Waals surface area (Å²) in [5, 5.41) is 0. The Morgan fingerprint density at radius 2 is 1.86 bits per heavy atom. The molecule has 0 aliphatic heterocycles. The summed E-state index contributed by atoms with van der Waals surface area (Å²) in [5.74, 6) is -1.57. The van der Waals surface area contributed by atoms with Gasteiger partial charge in [-0.3, -0.25) is 0 Å². The molecule has 14 heavy (non-hydrogen) atoms. The maximum absolute atomic E-state index is 11.0. The second-order valence-corrected chi connectivity index (χ2v) is 2.30. The van der Waals surface area contributed by atoms with Gasteiger partial charge in [-0.1, -0.05) is 6.58 Å². The Morgan fingerprint density at radius 3 is 2.36 bits per heavy atom. The predicted octanol–water partition coefficient (Wildman–Crippen LogP) is 0.295. The Labute approximate surface area is 82.6 Å². The summed E-state index contributed by atoms with van der Waals surface area (Å²) in [6.07, 6.45) is 0. The van der Waals surface area contributed by atoms with Crippen molar-refractivity contribution >= 4 is 11.9 Å². The fourth-order valence-electron chi connectivity index (χ4n) is 0.631. The minimum Gasteiger partial charge on any atom is -0.465 e. The molecule has 0 N–H and O–H groups in total. The van der Waals surface area contributed by atoms with Crippen molar-refractivity contribution in [2.75, 3.05) is 26.9 Å². The molecular weight excluding hydrogens is 188 g/mol. The molecule has 5 nitrogen and oxygen atoms in total. The molecule has 0 aliphatic carbocycles. The summed E-state index contributed by atoms with van der Waals surface area (Å²) in [6.45, 7) is 6.02. The lowest BCUT2D eigenvalue weighted by Gasteiger charge is -2.05. The Kier molecular flexibility index (Phi) is 6.39. The first-order valence-electron chi connectivity index (χ1n) is 4.15. The maximum atomic E-state index is 11.0. The van der Waals surface area contributed by atoms with E-state index in [1.165, 1.54) is 7.11 Å². The van der Waals surface area contributed by atoms with E-state index in [0.29, 0.717) is 13.2 Å². The molecule has 0 radical (unpaired) electrons. The third-order valence-corrected chi connectivity index (χ3v) is 1.34. The number of ether oxygens (including phenoxy) is 3. The number of hydrogen-bond acceptors (Lipinski definition) is 5. The fraction of sp³-hybridized carbons (Fsp3) is 0.556. The van der Waals surface area contributed by atoms with E-state index in [1.54, 1.807) is 0 Å². The van der Waals surface area contributed by atoms with Crippen LogP contribution in [0.2, 0.25) is 0 Å². The zero-order valence-corrected chi connectivity index (χ0v) is 8.37. The first kappa shape index (κ1) is 12.6. The highest BCUT2D eigenvalue weighted by atomic mass is 16.6. The third kappa shape index (κ3) is 4.61. The molecule has 80 valence electrons. The van der Waals surface area contributed by atoms with Gasteiger partial charge in [0.05, 0.1) is 13.7 Å². The number of carbonyl (C=O) groups is 2. The average Bonchev–Trinajstić information content (AvgIpc) is 2.21. The number of methoxy groups -OCH3 is 1. The normalized spacial score (nSPS) is 9.29. The summed E-state index contributed by atoms with van der Waals surface area (Å²) in [7, 11) is 1.17. The van der Waals surface area contributed by atoms with Crippen LogP contribution in [0.1, 0.15) is 6.92 Å². The van der Waals surface area contributed by atoms with Gasteiger partial charge in [0.1, 0.15) is 12.2 Å². The van der Waals surface area contributed by atoms with Gasteiger partial charge in [0.2, 0.25) is 0 Å². The fourth-order valence-corrected chi connectivity index (χ4v) is 0.631. The molecule has 0 bridgehead atoms. The van der Waals surface area contributed by atoms with Crippen molar-refractivity contribution in [2.24, 2.45) is 0 Å². The second kappa shape index (κ2) is 7.08. The number of rotatable bonds is 6. The van der Waals surface area contributed by atoms with E-state index >= 15 is 0 Å². The highest BCUT2D eigenvalue weighted by Crippen LogP contribution is 1.97. The summed E-state index contributed by atoms with van der Waals surface area (Å²) < 4.78 is 13.9. The number of hydrogen-bond donors (Lipinski definition) is 0. The number of carbonyl (C=O) groups excluding carboxylic acids is 2. The quantitative estimate of drug-likeness (QED) is 0.204. The van der Waals surface area contributed by atoms with Crippen LogP contribution >= 0.6 is 0 Å². The zero-order valence-electron chi connectivity index (χ0n) is 8.37. The van der Waals surface area contributed by atoms with Gasteiger partial charge in [0.15, 0.2) is 0 Å². The van der Waals surface area contributed by atoms with Crippen LogP contribution < -0.4 is 0 Å². The molecule has 0 atom stereocenters. The van der Waals surface area contributed by atoms with Crippen LogP contribution in [0.15, 0.2) is 12.2 Å². The van der Waals surface area contributed by atoms with E-state index in [9.17, 15) is 9.59 Å². The molecule has 0 unspecified atom stereocenters. The van der Waals surface area contributed by atoms with Gasteiger partial charge < -0.3 is 14.2 Å². The van der Waals surface area contributed by atoms with Crippen LogP contribution in [0.25, 0.3) is 0 Å². The van der Waals surface area contributed by atoms with E-state index in [2.05, 4.69) is 16.1 Å². The van der Waals surface area contributed by atoms with Crippen LogP contribution in [0.3, 0.4) is 0 Å². The lowest BCUT2D eigenvalue weighted by Crippen LogP contribution is -2.18. The predicted molar refractivity (Wildman–Crippen MR) is 48.6 cm³/mol. The van der Waals surface area contributed by atoms with Gasteiger partial charge >= 0.3 is 11.9 Å². The molecule has 0 fully saturated rings. The van der Waals surface area contributed by atoms with Gasteiger partial charge in [-0.05, 0) is 6.92 Å². The van der Waals surface area contributed by atoms with Crippen molar-refractivity contribution in [1.29, 1.82) is 0 Å². The lowest BCUT2D eigenvalue weighted by atomic mass is 10.3. The third-order valence-electron chi connectivity index (χ3n) is 1.34. The number of esters is 2. The molecule has 0 spiro atoms. The molecule has 0 aromatic rings. The van der Waals surface area contributed by atoms with Crippen molar-refractivity contribution in [3.05, 3.63) is 12.2 Å². The van der Waals surface area contributed by atoms with Crippen molar-refractivity contribution in [1.82, 2.24) is 0 Å². The molecule has 0 saturated heterocycles. The van der Waals surface area contributed by atoms with E-state index in [4.69, 9.17) is 4.74 Å². The van der Waals surface area contributed by atoms with E-state index in [-0.39, 0.29) is 12.2 Å². The highest BCUT2D eigenvalue weighted by Gasteiger charge is 2.17. The van der Waals surface area contributed by atoms with E-state index in [0.717, 1.165) is 0 Å². The highest BCUT2D eigenvalue weighted by molar-refractivity contribution is 6.13. The Hall–Kier alpha value is -1.36. The van der Waals surface area contributed by atoms with Crippen LogP contribution in [0.5, 0.6) is 0 Å². The van der Waals surface area contributed by atoms with Crippen molar-refractivity contribution in [3.63, 3.8) is 0 Å². The molecule has 0 aromatic carbocycles. The largest absolute Gasteiger partial charge is 0.465 e. The molecule has 0 rings (SSSR count). The van der Waals surface area contributed by atoms with Gasteiger partial charge in [-0.25, -0.2) is 9.59 Å². The standard InChI is InChI=1S/C9H14O5/c1-4-13-5-6-14-9(11)7(2)8(10)12-3/h2,4-6H2,1,3H3. The summed E-state index contributed by atoms with van der Waals surface area (Å²) in [5.41, 5.74) is -0.316. The van der Waals surface area contributed by atoms with Crippen LogP contribution in [0, 0.1) is 0 Å². The van der Waals surface area contributed by atoms with Gasteiger partial charge in [-0.15, -0.1) is 0 Å². The van der Waals surface area contributed by atoms with Crippen molar-refractivity contribution in [3.8, 4) is 0 Å². The lowest BCUT2D eigenvalue weighted by molar-refractivity contribution is -0.146. The van der Waals surface area contributed by atoms with E-state index < -0.39 is 11.9 Å². The smallest absolute Gasteiger partial charge is 0.345 e. The SMILES string of the molecule is C=C(C(=O)OC)C(=O)OCCOCC. The zero-order chi connectivity index (χ0) is 11.0. The molecule has 0 amide bonds. The Balaban J connectivity index is 3.74. The molecule has 5 heteroatoms. The molecule has 0 aliphatic rings. The Bertz CT molecular complexity index is 221. The van der Waals surface area contributed by atoms with Gasteiger partial charge in [0, 0.05) is 6.61 Å². The summed E-state index contributed by atoms with van der Waals surface area (Å²) in [6, 6.07) is 0. The summed E-state index contributed by atoms with van der Waals surface area (Å²) >= 11 is 0. The molecule has 0 saturated carbocycles. The minimum absolute atomic E-state index is 0.0999. The second-order valence-electron chi connectivity index (χ2n) is 2.30. The minimum atomic E-state index is -0.786.